The minimum absolute atomic E-state index is 0.633. The zero-order valence-corrected chi connectivity index (χ0v) is 16.5. The fourth-order valence-electron chi connectivity index (χ4n) is 3.03. The van der Waals surface area contributed by atoms with Gasteiger partial charge in [0, 0.05) is 44.8 Å². The Labute approximate surface area is 160 Å². The average molecular weight is 364 g/mol. The van der Waals surface area contributed by atoms with E-state index in [2.05, 4.69) is 56.9 Å². The van der Waals surface area contributed by atoms with Crippen molar-refractivity contribution in [2.24, 2.45) is 4.99 Å². The molecule has 2 heterocycles. The van der Waals surface area contributed by atoms with E-state index in [4.69, 9.17) is 0 Å². The van der Waals surface area contributed by atoms with E-state index in [0.717, 1.165) is 30.4 Å². The summed E-state index contributed by atoms with van der Waals surface area (Å²) in [5, 5.41) is 7.99. The van der Waals surface area contributed by atoms with E-state index in [9.17, 15) is 0 Å². The van der Waals surface area contributed by atoms with E-state index in [1.165, 1.54) is 22.0 Å². The molecule has 0 fully saturated rings. The molecule has 3 rings (SSSR count). The Bertz CT molecular complexity index is 925. The molecule has 0 radical (unpaired) electrons. The number of aromatic nitrogens is 2. The molecule has 3 aromatic rings. The first kappa shape index (κ1) is 18.8. The molecule has 0 bridgehead atoms. The highest BCUT2D eigenvalue weighted by molar-refractivity contribution is 5.84. The molecular weight excluding hydrogens is 336 g/mol. The summed E-state index contributed by atoms with van der Waals surface area (Å²) < 4.78 is 0. The van der Waals surface area contributed by atoms with Crippen LogP contribution in [-0.2, 0) is 13.0 Å². The lowest BCUT2D eigenvalue weighted by molar-refractivity contribution is 0.784. The fourth-order valence-corrected chi connectivity index (χ4v) is 3.03. The monoisotopic (exact) mass is 364 g/mol. The number of aryl methyl sites for hydroxylation is 1. The normalized spacial score (nSPS) is 11.6. The minimum atomic E-state index is 0.633. The highest BCUT2D eigenvalue weighted by Crippen LogP contribution is 2.19. The molecule has 142 valence electrons. The Hall–Kier alpha value is -3.02. The number of nitrogens with zero attached hydrogens (tertiary/aromatic N) is 3. The smallest absolute Gasteiger partial charge is 0.191 e. The van der Waals surface area contributed by atoms with Crippen LogP contribution in [-0.4, -0.2) is 43.6 Å². The van der Waals surface area contributed by atoms with Gasteiger partial charge < -0.3 is 20.5 Å². The van der Waals surface area contributed by atoms with Crippen molar-refractivity contribution >= 4 is 22.7 Å². The van der Waals surface area contributed by atoms with Crippen molar-refractivity contribution in [2.75, 3.05) is 32.6 Å². The first-order valence-electron chi connectivity index (χ1n) is 9.21. The van der Waals surface area contributed by atoms with Gasteiger partial charge >= 0.3 is 0 Å². The minimum Gasteiger partial charge on any atom is -0.363 e. The molecule has 0 saturated heterocycles. The van der Waals surface area contributed by atoms with E-state index < -0.39 is 0 Å². The maximum absolute atomic E-state index is 4.62. The third-order valence-corrected chi connectivity index (χ3v) is 4.52. The van der Waals surface area contributed by atoms with Crippen LogP contribution in [0.5, 0.6) is 0 Å². The van der Waals surface area contributed by atoms with Gasteiger partial charge in [0.05, 0.1) is 12.2 Å². The Kier molecular flexibility index (Phi) is 5.96. The lowest BCUT2D eigenvalue weighted by atomic mass is 10.1. The molecule has 2 aromatic heterocycles. The van der Waals surface area contributed by atoms with Crippen molar-refractivity contribution in [3.8, 4) is 0 Å². The molecule has 0 amide bonds. The largest absolute Gasteiger partial charge is 0.363 e. The zero-order chi connectivity index (χ0) is 19.2. The molecule has 1 aromatic carbocycles. The zero-order valence-electron chi connectivity index (χ0n) is 16.5. The second-order valence-electron chi connectivity index (χ2n) is 6.85. The molecule has 0 aliphatic heterocycles. The number of fused-ring (bicyclic) bond motifs is 1. The van der Waals surface area contributed by atoms with Gasteiger partial charge in [-0.1, -0.05) is 18.2 Å². The Morgan fingerprint density at radius 2 is 2.04 bits per heavy atom. The van der Waals surface area contributed by atoms with Crippen molar-refractivity contribution in [1.82, 2.24) is 20.6 Å². The van der Waals surface area contributed by atoms with Crippen LogP contribution in [0.15, 0.2) is 47.6 Å². The second kappa shape index (κ2) is 8.58. The van der Waals surface area contributed by atoms with Crippen LogP contribution in [0, 0.1) is 6.92 Å². The SMILES string of the molecule is CN=C(NCCc1c[nH]c2cc(C)ccc12)NCc1cccc(N(C)C)n1. The number of anilines is 1. The van der Waals surface area contributed by atoms with Gasteiger partial charge in [0.15, 0.2) is 5.96 Å². The maximum Gasteiger partial charge on any atom is 0.191 e. The summed E-state index contributed by atoms with van der Waals surface area (Å²) in [5.74, 6) is 1.73. The number of benzene rings is 1. The number of hydrogen-bond acceptors (Lipinski definition) is 3. The molecule has 27 heavy (non-hydrogen) atoms. The number of pyridine rings is 1. The Morgan fingerprint density at radius 1 is 1.19 bits per heavy atom. The number of aromatic amines is 1. The molecule has 6 nitrogen and oxygen atoms in total. The maximum atomic E-state index is 4.62. The van der Waals surface area contributed by atoms with Crippen molar-refractivity contribution in [3.63, 3.8) is 0 Å². The van der Waals surface area contributed by atoms with Gasteiger partial charge in [-0.05, 0) is 42.7 Å². The Morgan fingerprint density at radius 3 is 2.81 bits per heavy atom. The second-order valence-corrected chi connectivity index (χ2v) is 6.85. The first-order chi connectivity index (χ1) is 13.1. The van der Waals surface area contributed by atoms with Crippen LogP contribution in [0.3, 0.4) is 0 Å². The van der Waals surface area contributed by atoms with Crippen molar-refractivity contribution < 1.29 is 0 Å². The predicted molar refractivity (Wildman–Crippen MR) is 114 cm³/mol. The van der Waals surface area contributed by atoms with E-state index >= 15 is 0 Å². The van der Waals surface area contributed by atoms with Gasteiger partial charge in [-0.25, -0.2) is 4.98 Å². The highest BCUT2D eigenvalue weighted by atomic mass is 15.2. The highest BCUT2D eigenvalue weighted by Gasteiger charge is 2.05. The number of rotatable bonds is 6. The molecule has 0 unspecified atom stereocenters. The van der Waals surface area contributed by atoms with Gasteiger partial charge in [0.2, 0.25) is 0 Å². The van der Waals surface area contributed by atoms with E-state index in [0.29, 0.717) is 6.54 Å². The lowest BCUT2D eigenvalue weighted by Crippen LogP contribution is -2.38. The number of nitrogens with one attached hydrogen (secondary N) is 3. The molecule has 0 aliphatic carbocycles. The molecule has 3 N–H and O–H groups in total. The average Bonchev–Trinajstić information content (AvgIpc) is 3.06. The van der Waals surface area contributed by atoms with Crippen LogP contribution in [0.2, 0.25) is 0 Å². The standard InChI is InChI=1S/C21H28N6/c1-15-8-9-18-16(13-24-19(18)12-15)10-11-23-21(22-2)25-14-17-6-5-7-20(26-17)27(3)4/h5-9,12-13,24H,10-11,14H2,1-4H3,(H2,22,23,25). The van der Waals surface area contributed by atoms with Gasteiger partial charge in [0.25, 0.3) is 0 Å². The fraction of sp³-hybridized carbons (Fsp3) is 0.333. The Balaban J connectivity index is 1.52. The quantitative estimate of drug-likeness (QED) is 0.465. The van der Waals surface area contributed by atoms with Gasteiger partial charge in [0.1, 0.15) is 5.82 Å². The summed E-state index contributed by atoms with van der Waals surface area (Å²) >= 11 is 0. The molecule has 0 spiro atoms. The first-order valence-corrected chi connectivity index (χ1v) is 9.21. The third-order valence-electron chi connectivity index (χ3n) is 4.52. The molecule has 6 heteroatoms. The van der Waals surface area contributed by atoms with Gasteiger partial charge in [-0.3, -0.25) is 4.99 Å². The van der Waals surface area contributed by atoms with E-state index in [1.54, 1.807) is 7.05 Å². The van der Waals surface area contributed by atoms with Gasteiger partial charge in [-0.15, -0.1) is 0 Å². The number of aliphatic imine (C=N–C) groups is 1. The summed E-state index contributed by atoms with van der Waals surface area (Å²) in [4.78, 5) is 14.3. The third kappa shape index (κ3) is 4.78. The molecular formula is C21H28N6. The molecule has 0 aliphatic rings. The number of H-pyrrole nitrogens is 1. The van der Waals surface area contributed by atoms with Crippen LogP contribution in [0.1, 0.15) is 16.8 Å². The summed E-state index contributed by atoms with van der Waals surface area (Å²) in [5.41, 5.74) is 4.76. The topological polar surface area (TPSA) is 68.3 Å². The van der Waals surface area contributed by atoms with Crippen LogP contribution in [0.25, 0.3) is 10.9 Å². The summed E-state index contributed by atoms with van der Waals surface area (Å²) in [6.45, 7) is 3.56. The molecule has 0 saturated carbocycles. The number of hydrogen-bond donors (Lipinski definition) is 3. The summed E-state index contributed by atoms with van der Waals surface area (Å²) in [7, 11) is 5.77. The van der Waals surface area contributed by atoms with Crippen LogP contribution >= 0.6 is 0 Å². The van der Waals surface area contributed by atoms with Crippen molar-refractivity contribution in [2.45, 2.75) is 19.9 Å². The van der Waals surface area contributed by atoms with Gasteiger partial charge in [-0.2, -0.15) is 0 Å². The molecule has 0 atom stereocenters. The van der Waals surface area contributed by atoms with Crippen molar-refractivity contribution in [1.29, 1.82) is 0 Å². The number of guanidine groups is 1. The van der Waals surface area contributed by atoms with Crippen molar-refractivity contribution in [3.05, 3.63) is 59.4 Å². The predicted octanol–water partition coefficient (Wildman–Crippen LogP) is 2.85. The summed E-state index contributed by atoms with van der Waals surface area (Å²) in [6.07, 6.45) is 3.02. The summed E-state index contributed by atoms with van der Waals surface area (Å²) in [6, 6.07) is 12.6. The van der Waals surface area contributed by atoms with E-state index in [1.807, 2.05) is 37.2 Å². The van der Waals surface area contributed by atoms with Crippen LogP contribution in [0.4, 0.5) is 5.82 Å². The lowest BCUT2D eigenvalue weighted by Gasteiger charge is -2.14. The van der Waals surface area contributed by atoms with E-state index in [-0.39, 0.29) is 0 Å². The van der Waals surface area contributed by atoms with Crippen LogP contribution < -0.4 is 15.5 Å².